The summed E-state index contributed by atoms with van der Waals surface area (Å²) in [6.45, 7) is 0. The molecular formula is C45H29N5S. The van der Waals surface area contributed by atoms with E-state index >= 15 is 0 Å². The molecule has 9 aromatic rings. The number of benzene rings is 6. The maximum Gasteiger partial charge on any atom is 0.164 e. The Morgan fingerprint density at radius 1 is 0.333 bits per heavy atom. The van der Waals surface area contributed by atoms with Crippen molar-refractivity contribution in [3.63, 3.8) is 0 Å². The fourth-order valence-corrected chi connectivity index (χ4v) is 7.35. The molecule has 0 unspecified atom stereocenters. The lowest BCUT2D eigenvalue weighted by atomic mass is 9.92. The predicted molar refractivity (Wildman–Crippen MR) is 209 cm³/mol. The van der Waals surface area contributed by atoms with Crippen molar-refractivity contribution < 1.29 is 0 Å². The van der Waals surface area contributed by atoms with Gasteiger partial charge in [0.1, 0.15) is 0 Å². The van der Waals surface area contributed by atoms with Crippen molar-refractivity contribution in [1.29, 1.82) is 0 Å². The number of rotatable bonds is 7. The lowest BCUT2D eigenvalue weighted by Gasteiger charge is -2.17. The summed E-state index contributed by atoms with van der Waals surface area (Å²) < 4.78 is 1.21. The van der Waals surface area contributed by atoms with Crippen LogP contribution in [0, 0.1) is 0 Å². The molecule has 240 valence electrons. The van der Waals surface area contributed by atoms with Crippen LogP contribution in [-0.4, -0.2) is 24.9 Å². The Kier molecular flexibility index (Phi) is 7.97. The van der Waals surface area contributed by atoms with Gasteiger partial charge in [0.05, 0.1) is 16.3 Å². The van der Waals surface area contributed by atoms with Gasteiger partial charge in [-0.3, -0.25) is 0 Å². The molecular weight excluding hydrogens is 643 g/mol. The van der Waals surface area contributed by atoms with Gasteiger partial charge in [0, 0.05) is 32.5 Å². The van der Waals surface area contributed by atoms with E-state index in [9.17, 15) is 0 Å². The monoisotopic (exact) mass is 671 g/mol. The summed E-state index contributed by atoms with van der Waals surface area (Å²) >= 11 is 1.74. The second-order valence-corrected chi connectivity index (χ2v) is 13.2. The van der Waals surface area contributed by atoms with Crippen molar-refractivity contribution in [2.45, 2.75) is 0 Å². The summed E-state index contributed by atoms with van der Waals surface area (Å²) in [5, 5.41) is 1.19. The molecule has 0 atom stereocenters. The van der Waals surface area contributed by atoms with Gasteiger partial charge in [-0.15, -0.1) is 11.3 Å². The van der Waals surface area contributed by atoms with Gasteiger partial charge < -0.3 is 0 Å². The zero-order valence-electron chi connectivity index (χ0n) is 27.4. The third kappa shape index (κ3) is 6.09. The molecule has 0 aliphatic heterocycles. The summed E-state index contributed by atoms with van der Waals surface area (Å²) in [6.07, 6.45) is 0. The lowest BCUT2D eigenvalue weighted by Crippen LogP contribution is -2.03. The second kappa shape index (κ2) is 13.3. The number of thiophene rings is 1. The maximum absolute atomic E-state index is 5.31. The van der Waals surface area contributed by atoms with Crippen LogP contribution in [0.5, 0.6) is 0 Å². The molecule has 6 heteroatoms. The molecule has 0 N–H and O–H groups in total. The summed E-state index contributed by atoms with van der Waals surface area (Å²) in [4.78, 5) is 26.8. The highest BCUT2D eigenvalue weighted by Gasteiger charge is 2.22. The minimum absolute atomic E-state index is 0.568. The molecule has 0 aliphatic rings. The summed E-state index contributed by atoms with van der Waals surface area (Å²) in [5.41, 5.74) is 8.29. The first kappa shape index (κ1) is 30.4. The van der Waals surface area contributed by atoms with Crippen LogP contribution in [0.25, 0.3) is 88.6 Å². The summed E-state index contributed by atoms with van der Waals surface area (Å²) in [5.74, 6) is 2.43. The third-order valence-electron chi connectivity index (χ3n) is 8.78. The zero-order valence-corrected chi connectivity index (χ0v) is 28.2. The molecule has 0 saturated carbocycles. The van der Waals surface area contributed by atoms with Crippen LogP contribution in [0.1, 0.15) is 0 Å². The molecule has 6 aromatic carbocycles. The Balaban J connectivity index is 1.34. The molecule has 3 heterocycles. The van der Waals surface area contributed by atoms with Gasteiger partial charge in [0.15, 0.2) is 23.3 Å². The fraction of sp³-hybridized carbons (Fsp3) is 0. The molecule has 0 radical (unpaired) electrons. The normalized spacial score (nSPS) is 11.1. The van der Waals surface area contributed by atoms with E-state index in [4.69, 9.17) is 24.9 Å². The summed E-state index contributed by atoms with van der Waals surface area (Å²) in [6, 6.07) is 59.8. The Bertz CT molecular complexity index is 2530. The minimum atomic E-state index is 0.568. The molecule has 0 bridgehead atoms. The highest BCUT2D eigenvalue weighted by Crippen LogP contribution is 2.42. The van der Waals surface area contributed by atoms with Gasteiger partial charge in [-0.1, -0.05) is 158 Å². The zero-order chi connectivity index (χ0) is 34.0. The standard InChI is InChI=1S/C45H29N5S/c1-5-16-30(17-6-1)35-25-15-26-36(45-49-43(32-20-9-3-10-21-32)48-44(50-45)33-22-11-4-12-23-33)41(35)38-29-37(40-28-34-24-13-14-27-39(34)51-40)46-42(47-38)31-18-7-2-8-19-31/h1-29H. The SMILES string of the molecule is c1ccc(-c2nc(-c3cc4ccccc4s3)cc(-c3c(-c4ccccc4)cccc3-c3nc(-c4ccccc4)nc(-c4ccccc4)n3)n2)cc1. The van der Waals surface area contributed by atoms with Crippen LogP contribution in [0.15, 0.2) is 176 Å². The van der Waals surface area contributed by atoms with Crippen LogP contribution < -0.4 is 0 Å². The molecule has 9 rings (SSSR count). The van der Waals surface area contributed by atoms with Gasteiger partial charge in [0.2, 0.25) is 0 Å². The van der Waals surface area contributed by atoms with Crippen molar-refractivity contribution in [2.75, 3.05) is 0 Å². The van der Waals surface area contributed by atoms with E-state index in [1.165, 1.54) is 10.1 Å². The average molecular weight is 672 g/mol. The molecule has 5 nitrogen and oxygen atoms in total. The summed E-state index contributed by atoms with van der Waals surface area (Å²) in [7, 11) is 0. The number of hydrogen-bond acceptors (Lipinski definition) is 6. The smallest absolute Gasteiger partial charge is 0.164 e. The average Bonchev–Trinajstić information content (AvgIpc) is 3.66. The fourth-order valence-electron chi connectivity index (χ4n) is 6.33. The first-order valence-electron chi connectivity index (χ1n) is 16.8. The Hall–Kier alpha value is -6.63. The highest BCUT2D eigenvalue weighted by atomic mass is 32.1. The van der Waals surface area contributed by atoms with E-state index in [0.717, 1.165) is 55.2 Å². The van der Waals surface area contributed by atoms with E-state index in [1.807, 2.05) is 84.9 Å². The van der Waals surface area contributed by atoms with Crippen molar-refractivity contribution in [2.24, 2.45) is 0 Å². The lowest BCUT2D eigenvalue weighted by molar-refractivity contribution is 1.07. The molecule has 0 spiro atoms. The van der Waals surface area contributed by atoms with Gasteiger partial charge in [0.25, 0.3) is 0 Å². The van der Waals surface area contributed by atoms with E-state index < -0.39 is 0 Å². The third-order valence-corrected chi connectivity index (χ3v) is 9.92. The maximum atomic E-state index is 5.31. The van der Waals surface area contributed by atoms with Crippen molar-refractivity contribution in [3.8, 4) is 78.5 Å². The van der Waals surface area contributed by atoms with Gasteiger partial charge in [-0.05, 0) is 34.7 Å². The Labute approximate surface area is 299 Å². The van der Waals surface area contributed by atoms with Gasteiger partial charge in [-0.2, -0.15) is 0 Å². The Morgan fingerprint density at radius 3 is 1.39 bits per heavy atom. The number of fused-ring (bicyclic) bond motifs is 1. The molecule has 0 saturated heterocycles. The molecule has 51 heavy (non-hydrogen) atoms. The van der Waals surface area contributed by atoms with E-state index in [1.54, 1.807) is 11.3 Å². The van der Waals surface area contributed by atoms with Gasteiger partial charge >= 0.3 is 0 Å². The van der Waals surface area contributed by atoms with Crippen molar-refractivity contribution >= 4 is 21.4 Å². The highest BCUT2D eigenvalue weighted by molar-refractivity contribution is 7.22. The largest absolute Gasteiger partial charge is 0.228 e. The van der Waals surface area contributed by atoms with Crippen molar-refractivity contribution in [3.05, 3.63) is 176 Å². The molecule has 0 fully saturated rings. The predicted octanol–water partition coefficient (Wildman–Crippen LogP) is 11.5. The molecule has 3 aromatic heterocycles. The first-order valence-corrected chi connectivity index (χ1v) is 17.6. The van der Waals surface area contributed by atoms with Gasteiger partial charge in [-0.25, -0.2) is 24.9 Å². The van der Waals surface area contributed by atoms with Crippen LogP contribution in [0.4, 0.5) is 0 Å². The topological polar surface area (TPSA) is 64.5 Å². The van der Waals surface area contributed by atoms with E-state index in [0.29, 0.717) is 23.3 Å². The van der Waals surface area contributed by atoms with Crippen molar-refractivity contribution in [1.82, 2.24) is 24.9 Å². The van der Waals surface area contributed by atoms with Crippen LogP contribution in [-0.2, 0) is 0 Å². The second-order valence-electron chi connectivity index (χ2n) is 12.1. The Morgan fingerprint density at radius 2 is 0.804 bits per heavy atom. The number of aromatic nitrogens is 5. The number of nitrogens with zero attached hydrogens (tertiary/aromatic N) is 5. The molecule has 0 aliphatic carbocycles. The van der Waals surface area contributed by atoms with Crippen LogP contribution in [0.3, 0.4) is 0 Å². The number of hydrogen-bond donors (Lipinski definition) is 0. The minimum Gasteiger partial charge on any atom is -0.228 e. The quantitative estimate of drug-likeness (QED) is 0.169. The molecule has 0 amide bonds. The first-order chi connectivity index (χ1) is 25.3. The van der Waals surface area contributed by atoms with E-state index in [2.05, 4.69) is 91.0 Å². The van der Waals surface area contributed by atoms with Crippen LogP contribution >= 0.6 is 11.3 Å². The van der Waals surface area contributed by atoms with E-state index in [-0.39, 0.29) is 0 Å². The van der Waals surface area contributed by atoms with Crippen LogP contribution in [0.2, 0.25) is 0 Å².